The van der Waals surface area contributed by atoms with Gasteiger partial charge in [0.05, 0.1) is 5.69 Å². The molecule has 2 rings (SSSR count). The van der Waals surface area contributed by atoms with E-state index in [0.29, 0.717) is 0 Å². The summed E-state index contributed by atoms with van der Waals surface area (Å²) in [5.74, 6) is 0. The largest absolute Gasteiger partial charge is 0.325 e. The molecule has 0 spiro atoms. The van der Waals surface area contributed by atoms with Crippen LogP contribution in [0.25, 0.3) is 0 Å². The number of rotatable bonds is 3. The topological polar surface area (TPSA) is 32.3 Å². The molecule has 21 heavy (non-hydrogen) atoms. The van der Waals surface area contributed by atoms with E-state index in [2.05, 4.69) is 19.2 Å². The molecule has 1 aromatic rings. The average Bonchev–Trinajstić information content (AvgIpc) is 2.77. The number of urea groups is 1. The number of amides is 2. The molecular formula is C17H25ClN2O. The maximum atomic E-state index is 12.5. The van der Waals surface area contributed by atoms with Crippen molar-refractivity contribution in [3.63, 3.8) is 0 Å². The average molecular weight is 309 g/mol. The smallest absolute Gasteiger partial charge is 0.321 e. The molecule has 2 amide bonds. The van der Waals surface area contributed by atoms with Crippen LogP contribution in [0, 0.1) is 0 Å². The number of anilines is 1. The number of nitrogens with zero attached hydrogens (tertiary/aromatic N) is 1. The maximum Gasteiger partial charge on any atom is 0.321 e. The lowest BCUT2D eigenvalue weighted by Gasteiger charge is -2.23. The Kier molecular flexibility index (Phi) is 5.92. The van der Waals surface area contributed by atoms with Crippen LogP contribution >= 0.6 is 11.6 Å². The third-order valence-corrected chi connectivity index (χ3v) is 4.56. The Morgan fingerprint density at radius 1 is 1.14 bits per heavy atom. The molecule has 1 aromatic carbocycles. The van der Waals surface area contributed by atoms with Gasteiger partial charge in [0.1, 0.15) is 0 Å². The molecule has 0 aliphatic carbocycles. The van der Waals surface area contributed by atoms with Gasteiger partial charge >= 0.3 is 6.03 Å². The van der Waals surface area contributed by atoms with Gasteiger partial charge in [-0.05, 0) is 42.9 Å². The molecule has 0 bridgehead atoms. The van der Waals surface area contributed by atoms with Crippen LogP contribution < -0.4 is 5.32 Å². The summed E-state index contributed by atoms with van der Waals surface area (Å²) in [6.07, 6.45) is 6.36. The van der Waals surface area contributed by atoms with E-state index in [1.165, 1.54) is 12.8 Å². The predicted octanol–water partition coefficient (Wildman–Crippen LogP) is 4.87. The zero-order valence-corrected chi connectivity index (χ0v) is 13.8. The van der Waals surface area contributed by atoms with Crippen molar-refractivity contribution in [1.82, 2.24) is 4.90 Å². The Hall–Kier alpha value is -1.22. The van der Waals surface area contributed by atoms with Crippen LogP contribution in [0.4, 0.5) is 10.5 Å². The van der Waals surface area contributed by atoms with Crippen LogP contribution in [0.5, 0.6) is 0 Å². The van der Waals surface area contributed by atoms with E-state index in [1.54, 1.807) is 0 Å². The summed E-state index contributed by atoms with van der Waals surface area (Å²) in [6.45, 7) is 5.89. The fraction of sp³-hybridized carbons (Fsp3) is 0.588. The summed E-state index contributed by atoms with van der Waals surface area (Å²) in [7, 11) is 0. The normalized spacial score (nSPS) is 15.7. The van der Waals surface area contributed by atoms with Gasteiger partial charge < -0.3 is 10.2 Å². The molecule has 3 nitrogen and oxygen atoms in total. The number of carbonyl (C=O) groups excluding carboxylic acids is 1. The van der Waals surface area contributed by atoms with E-state index in [9.17, 15) is 4.79 Å². The molecule has 0 unspecified atom stereocenters. The van der Waals surface area contributed by atoms with Crippen LogP contribution in [-0.4, -0.2) is 24.0 Å². The number of nitrogens with one attached hydrogen (secondary N) is 1. The van der Waals surface area contributed by atoms with E-state index < -0.39 is 0 Å². The highest BCUT2D eigenvalue weighted by Crippen LogP contribution is 2.30. The number of hydrogen-bond acceptors (Lipinski definition) is 1. The summed E-state index contributed by atoms with van der Waals surface area (Å²) in [6, 6.07) is 3.96. The van der Waals surface area contributed by atoms with Crippen molar-refractivity contribution in [1.29, 1.82) is 0 Å². The predicted molar refractivity (Wildman–Crippen MR) is 89.3 cm³/mol. The fourth-order valence-electron chi connectivity index (χ4n) is 2.93. The van der Waals surface area contributed by atoms with Crippen molar-refractivity contribution in [2.45, 2.75) is 52.4 Å². The zero-order chi connectivity index (χ0) is 15.2. The Morgan fingerprint density at radius 3 is 2.38 bits per heavy atom. The van der Waals surface area contributed by atoms with Gasteiger partial charge in [0.25, 0.3) is 0 Å². The van der Waals surface area contributed by atoms with Crippen molar-refractivity contribution < 1.29 is 4.79 Å². The molecule has 1 N–H and O–H groups in total. The maximum absolute atomic E-state index is 12.5. The van der Waals surface area contributed by atoms with Crippen molar-refractivity contribution in [3.8, 4) is 0 Å². The zero-order valence-electron chi connectivity index (χ0n) is 13.0. The molecule has 0 saturated carbocycles. The first-order valence-electron chi connectivity index (χ1n) is 8.03. The molecule has 1 heterocycles. The molecular weight excluding hydrogens is 284 g/mol. The molecule has 0 aromatic heterocycles. The lowest BCUT2D eigenvalue weighted by Crippen LogP contribution is -2.36. The van der Waals surface area contributed by atoms with Crippen molar-refractivity contribution in [2.75, 3.05) is 18.4 Å². The molecule has 1 fully saturated rings. The molecule has 1 aliphatic heterocycles. The van der Waals surface area contributed by atoms with Gasteiger partial charge in [0, 0.05) is 18.1 Å². The lowest BCUT2D eigenvalue weighted by atomic mass is 10.0. The highest BCUT2D eigenvalue weighted by atomic mass is 35.5. The van der Waals surface area contributed by atoms with Crippen molar-refractivity contribution in [2.24, 2.45) is 0 Å². The number of hydrogen-bond donors (Lipinski definition) is 1. The first-order valence-corrected chi connectivity index (χ1v) is 8.41. The molecule has 1 aliphatic rings. The van der Waals surface area contributed by atoms with E-state index in [-0.39, 0.29) is 6.03 Å². The van der Waals surface area contributed by atoms with Gasteiger partial charge in [-0.2, -0.15) is 0 Å². The van der Waals surface area contributed by atoms with E-state index in [0.717, 1.165) is 60.6 Å². The number of likely N-dealkylation sites (tertiary alicyclic amines) is 1. The summed E-state index contributed by atoms with van der Waals surface area (Å²) in [5.41, 5.74) is 3.11. The molecule has 116 valence electrons. The van der Waals surface area contributed by atoms with E-state index >= 15 is 0 Å². The summed E-state index contributed by atoms with van der Waals surface area (Å²) in [5, 5.41) is 3.86. The van der Waals surface area contributed by atoms with Crippen LogP contribution in [0.15, 0.2) is 12.1 Å². The Balaban J connectivity index is 2.21. The van der Waals surface area contributed by atoms with Crippen LogP contribution in [0.2, 0.25) is 5.02 Å². The second-order valence-electron chi connectivity index (χ2n) is 5.60. The third-order valence-electron chi connectivity index (χ3n) is 4.20. The second-order valence-corrected chi connectivity index (χ2v) is 6.01. The van der Waals surface area contributed by atoms with Gasteiger partial charge in [-0.15, -0.1) is 0 Å². The SMILES string of the molecule is CCc1ccc(Cl)c(CC)c1NC(=O)N1CCCCCC1. The van der Waals surface area contributed by atoms with E-state index in [4.69, 9.17) is 11.6 Å². The fourth-order valence-corrected chi connectivity index (χ4v) is 3.22. The molecule has 0 radical (unpaired) electrons. The molecule has 0 atom stereocenters. The first-order chi connectivity index (χ1) is 10.2. The number of benzene rings is 1. The van der Waals surface area contributed by atoms with Gasteiger partial charge in [-0.25, -0.2) is 4.79 Å². The minimum absolute atomic E-state index is 0.0172. The summed E-state index contributed by atoms with van der Waals surface area (Å²) in [4.78, 5) is 14.5. The highest BCUT2D eigenvalue weighted by molar-refractivity contribution is 6.31. The second kappa shape index (κ2) is 7.69. The van der Waals surface area contributed by atoms with Crippen LogP contribution in [-0.2, 0) is 12.8 Å². The lowest BCUT2D eigenvalue weighted by molar-refractivity contribution is 0.213. The highest BCUT2D eigenvalue weighted by Gasteiger charge is 2.18. The van der Waals surface area contributed by atoms with Crippen molar-refractivity contribution >= 4 is 23.3 Å². The minimum atomic E-state index is 0.0172. The third kappa shape index (κ3) is 3.91. The quantitative estimate of drug-likeness (QED) is 0.848. The van der Waals surface area contributed by atoms with E-state index in [1.807, 2.05) is 17.0 Å². The van der Waals surface area contributed by atoms with Gasteiger partial charge in [0.2, 0.25) is 0 Å². The Labute approximate surface area is 132 Å². The number of carbonyl (C=O) groups is 1. The van der Waals surface area contributed by atoms with Crippen LogP contribution in [0.1, 0.15) is 50.7 Å². The van der Waals surface area contributed by atoms with Crippen molar-refractivity contribution in [3.05, 3.63) is 28.3 Å². The standard InChI is InChI=1S/C17H25ClN2O/c1-3-13-9-10-15(18)14(4-2)16(13)19-17(21)20-11-7-5-6-8-12-20/h9-10H,3-8,11-12H2,1-2H3,(H,19,21). The van der Waals surface area contributed by atoms with Gasteiger partial charge in [-0.3, -0.25) is 0 Å². The number of halogens is 1. The Morgan fingerprint density at radius 2 is 1.81 bits per heavy atom. The molecule has 4 heteroatoms. The Bertz CT molecular complexity index is 494. The minimum Gasteiger partial charge on any atom is -0.325 e. The number of aryl methyl sites for hydroxylation is 1. The van der Waals surface area contributed by atoms with Crippen LogP contribution in [0.3, 0.4) is 0 Å². The first kappa shape index (κ1) is 16.2. The monoisotopic (exact) mass is 308 g/mol. The molecule has 1 saturated heterocycles. The summed E-state index contributed by atoms with van der Waals surface area (Å²) < 4.78 is 0. The van der Waals surface area contributed by atoms with Gasteiger partial charge in [0.15, 0.2) is 0 Å². The van der Waals surface area contributed by atoms with Gasteiger partial charge in [-0.1, -0.05) is 44.4 Å². The summed E-state index contributed by atoms with van der Waals surface area (Å²) >= 11 is 6.29.